The van der Waals surface area contributed by atoms with Gasteiger partial charge in [-0.25, -0.2) is 0 Å². The fraction of sp³-hybridized carbons (Fsp3) is 0.596. The summed E-state index contributed by atoms with van der Waals surface area (Å²) in [7, 11) is 1.45. The molecule has 2 aliphatic carbocycles. The minimum absolute atomic E-state index is 0.00641. The maximum atomic E-state index is 13.4. The van der Waals surface area contributed by atoms with Crippen LogP contribution < -0.4 is 35.9 Å². The average molecular weight is 863 g/mol. The number of carboxylic acids is 1. The summed E-state index contributed by atoms with van der Waals surface area (Å²) >= 11 is 0. The fourth-order valence-corrected chi connectivity index (χ4v) is 11.6. The number of nitrogens with two attached hydrogens (primary N) is 1. The van der Waals surface area contributed by atoms with E-state index in [0.717, 1.165) is 43.2 Å². The third kappa shape index (κ3) is 9.11. The van der Waals surface area contributed by atoms with Gasteiger partial charge in [-0.05, 0) is 111 Å². The summed E-state index contributed by atoms with van der Waals surface area (Å²) in [6.07, 6.45) is 11.8. The number of nitrogens with one attached hydrogen (secondary N) is 3. The number of phenols is 2. The molecule has 10 unspecified atom stereocenters. The lowest BCUT2D eigenvalue weighted by molar-refractivity contribution is -0.160. The van der Waals surface area contributed by atoms with Crippen LogP contribution in [0, 0.1) is 28.6 Å². The Morgan fingerprint density at radius 1 is 1.08 bits per heavy atom. The summed E-state index contributed by atoms with van der Waals surface area (Å²) in [5, 5.41) is 74.1. The standard InChI is InChI=1S/C47H66N4O11/c1-27-23-46(14-4-5-15-46)47(34(9-10-35(47)45(57)58)30-12-16-50-42(48)21-30)41(51-27)25-60-40-20-31(19-39(59-3)43(40)56)44-33(13-17-52)37(55)22-32(62-44)8-6-29-7-11-36(54)38(18-29)61-26-49-24-28(2)53/h7,9-12,18-21,27-28,32-35,37,41,44,49-56H,4-6,8,13-17,22-26,48H2,1-3H3,(H,57,58). The number of allylic oxidation sites excluding steroid dienone is 3. The number of piperidine rings is 1. The van der Waals surface area contributed by atoms with E-state index < -0.39 is 47.6 Å². The molecule has 2 aromatic carbocycles. The molecule has 2 spiro atoms. The molecular weight excluding hydrogens is 797 g/mol. The topological polar surface area (TPSA) is 237 Å². The first-order valence-electron chi connectivity index (χ1n) is 22.2. The Morgan fingerprint density at radius 3 is 2.56 bits per heavy atom. The summed E-state index contributed by atoms with van der Waals surface area (Å²) in [6, 6.07) is 8.15. The number of ether oxygens (including phenoxy) is 4. The monoisotopic (exact) mass is 862 g/mol. The molecule has 3 aliphatic heterocycles. The number of carboxylic acid groups (broad SMARTS) is 1. The van der Waals surface area contributed by atoms with Crippen LogP contribution in [-0.4, -0.2) is 107 Å². The Balaban J connectivity index is 1.16. The third-order valence-electron chi connectivity index (χ3n) is 14.1. The van der Waals surface area contributed by atoms with E-state index in [1.807, 2.05) is 18.2 Å². The van der Waals surface area contributed by atoms with E-state index in [9.17, 15) is 35.4 Å². The number of aliphatic hydroxyl groups is 3. The smallest absolute Gasteiger partial charge is 0.311 e. The van der Waals surface area contributed by atoms with Crippen molar-refractivity contribution in [1.82, 2.24) is 16.0 Å². The Bertz CT molecular complexity index is 1980. The average Bonchev–Trinajstić information content (AvgIpc) is 3.88. The lowest BCUT2D eigenvalue weighted by Gasteiger charge is -2.61. The molecule has 1 saturated carbocycles. The first-order valence-corrected chi connectivity index (χ1v) is 22.2. The van der Waals surface area contributed by atoms with Gasteiger partial charge in [0.2, 0.25) is 5.75 Å². The lowest BCUT2D eigenvalue weighted by Crippen LogP contribution is -2.69. The number of phenolic OH excluding ortho intramolecular Hbond substituents is 2. The number of hydrogen-bond donors (Lipinski definition) is 10. The number of methoxy groups -OCH3 is 1. The Kier molecular flexibility index (Phi) is 14.3. The number of hydrogen-bond acceptors (Lipinski definition) is 14. The van der Waals surface area contributed by atoms with Gasteiger partial charge in [-0.15, -0.1) is 0 Å². The van der Waals surface area contributed by atoms with Crippen LogP contribution in [0.25, 0.3) is 0 Å². The number of dihydropyridines is 1. The van der Waals surface area contributed by atoms with Crippen molar-refractivity contribution in [2.24, 2.45) is 34.3 Å². The molecule has 3 heterocycles. The van der Waals surface area contributed by atoms with Gasteiger partial charge in [0.25, 0.3) is 0 Å². The molecule has 0 bridgehead atoms. The van der Waals surface area contributed by atoms with Crippen molar-refractivity contribution < 1.29 is 54.4 Å². The molecule has 11 N–H and O–H groups in total. The van der Waals surface area contributed by atoms with Crippen LogP contribution in [0.4, 0.5) is 0 Å². The van der Waals surface area contributed by atoms with Crippen LogP contribution in [0.1, 0.15) is 82.4 Å². The minimum Gasteiger partial charge on any atom is -0.504 e. The Labute approximate surface area is 364 Å². The van der Waals surface area contributed by atoms with E-state index in [4.69, 9.17) is 24.7 Å². The summed E-state index contributed by atoms with van der Waals surface area (Å²) in [6.45, 7) is 4.68. The molecule has 340 valence electrons. The van der Waals surface area contributed by atoms with Crippen molar-refractivity contribution >= 4 is 5.97 Å². The molecule has 3 fully saturated rings. The number of benzene rings is 2. The largest absolute Gasteiger partial charge is 0.504 e. The molecule has 0 radical (unpaired) electrons. The molecule has 7 rings (SSSR count). The second-order valence-electron chi connectivity index (χ2n) is 18.1. The van der Waals surface area contributed by atoms with Gasteiger partial charge in [0.1, 0.15) is 13.3 Å². The van der Waals surface area contributed by atoms with E-state index >= 15 is 0 Å². The molecule has 0 aromatic heterocycles. The van der Waals surface area contributed by atoms with Crippen molar-refractivity contribution in [2.75, 3.05) is 40.1 Å². The van der Waals surface area contributed by atoms with Gasteiger partial charge in [0, 0.05) is 49.0 Å². The second kappa shape index (κ2) is 19.5. The molecule has 62 heavy (non-hydrogen) atoms. The number of carbonyl (C=O) groups is 1. The number of fused-ring (bicyclic) bond motifs is 1. The highest BCUT2D eigenvalue weighted by molar-refractivity contribution is 5.75. The van der Waals surface area contributed by atoms with E-state index in [1.54, 1.807) is 31.2 Å². The molecule has 0 amide bonds. The lowest BCUT2D eigenvalue weighted by atomic mass is 9.46. The summed E-state index contributed by atoms with van der Waals surface area (Å²) in [5.41, 5.74) is 7.68. The van der Waals surface area contributed by atoms with Gasteiger partial charge in [0.05, 0.1) is 43.3 Å². The van der Waals surface area contributed by atoms with Crippen LogP contribution in [0.5, 0.6) is 28.7 Å². The van der Waals surface area contributed by atoms with Crippen LogP contribution in [0.3, 0.4) is 0 Å². The maximum absolute atomic E-state index is 13.4. The van der Waals surface area contributed by atoms with Crippen molar-refractivity contribution in [3.05, 3.63) is 77.2 Å². The predicted octanol–water partition coefficient (Wildman–Crippen LogP) is 4.13. The first-order chi connectivity index (χ1) is 29.8. The molecule has 2 saturated heterocycles. The summed E-state index contributed by atoms with van der Waals surface area (Å²) < 4.78 is 24.9. The van der Waals surface area contributed by atoms with Crippen LogP contribution in [0.2, 0.25) is 0 Å². The van der Waals surface area contributed by atoms with Crippen LogP contribution in [0.15, 0.2) is 66.0 Å². The van der Waals surface area contributed by atoms with E-state index in [1.165, 1.54) is 7.11 Å². The summed E-state index contributed by atoms with van der Waals surface area (Å²) in [5.74, 6) is -1.50. The summed E-state index contributed by atoms with van der Waals surface area (Å²) in [4.78, 5) is 13.4. The van der Waals surface area contributed by atoms with Gasteiger partial charge in [-0.2, -0.15) is 0 Å². The Morgan fingerprint density at radius 2 is 1.85 bits per heavy atom. The van der Waals surface area contributed by atoms with Gasteiger partial charge in [0.15, 0.2) is 23.0 Å². The zero-order valence-electron chi connectivity index (χ0n) is 36.1. The quantitative estimate of drug-likeness (QED) is 0.0612. The highest BCUT2D eigenvalue weighted by Crippen LogP contribution is 2.68. The van der Waals surface area contributed by atoms with Gasteiger partial charge in [-0.1, -0.05) is 37.1 Å². The van der Waals surface area contributed by atoms with Crippen LogP contribution in [-0.2, 0) is 16.0 Å². The molecule has 2 aromatic rings. The van der Waals surface area contributed by atoms with Crippen molar-refractivity contribution in [1.29, 1.82) is 0 Å². The normalized spacial score (nSPS) is 30.7. The van der Waals surface area contributed by atoms with E-state index in [0.29, 0.717) is 49.5 Å². The van der Waals surface area contributed by atoms with Gasteiger partial charge in [-0.3, -0.25) is 10.1 Å². The highest BCUT2D eigenvalue weighted by atomic mass is 16.5. The predicted molar refractivity (Wildman–Crippen MR) is 232 cm³/mol. The fourth-order valence-electron chi connectivity index (χ4n) is 11.6. The zero-order valence-corrected chi connectivity index (χ0v) is 36.1. The number of rotatable bonds is 17. The van der Waals surface area contributed by atoms with Crippen molar-refractivity contribution in [3.8, 4) is 28.7 Å². The van der Waals surface area contributed by atoms with E-state index in [2.05, 4.69) is 35.0 Å². The molecule has 15 nitrogen and oxygen atoms in total. The van der Waals surface area contributed by atoms with Gasteiger partial charge >= 0.3 is 5.97 Å². The number of aromatic hydroxyl groups is 2. The highest BCUT2D eigenvalue weighted by Gasteiger charge is 2.68. The minimum atomic E-state index is -0.882. The molecule has 15 heteroatoms. The molecule has 10 atom stereocenters. The zero-order chi connectivity index (χ0) is 44.2. The van der Waals surface area contributed by atoms with Crippen molar-refractivity contribution in [2.45, 2.75) is 108 Å². The Hall–Kier alpha value is -4.51. The number of aliphatic carboxylic acids is 1. The number of aryl methyl sites for hydroxylation is 1. The number of aliphatic hydroxyl groups excluding tert-OH is 3. The van der Waals surface area contributed by atoms with Crippen LogP contribution >= 0.6 is 0 Å². The molecular formula is C47H66N4O11. The maximum Gasteiger partial charge on any atom is 0.311 e. The third-order valence-corrected chi connectivity index (χ3v) is 14.1. The molecule has 5 aliphatic rings. The second-order valence-corrected chi connectivity index (χ2v) is 18.1. The van der Waals surface area contributed by atoms with E-state index in [-0.39, 0.29) is 72.8 Å². The van der Waals surface area contributed by atoms with Gasteiger partial charge < -0.3 is 66.0 Å². The van der Waals surface area contributed by atoms with Crippen molar-refractivity contribution in [3.63, 3.8) is 0 Å². The first kappa shape index (κ1) is 45.5. The SMILES string of the molecule is COc1cc(C2OC(CCc3ccc(O)c(OCNCC(C)O)c3)CC(O)C2CCO)cc(OCC2NC(C)CC3(CCCC3)C23C(C(=O)O)C=CC3C2=CCNC(N)=C2)c1O.